The van der Waals surface area contributed by atoms with Gasteiger partial charge in [-0.15, -0.1) is 0 Å². The second kappa shape index (κ2) is 7.03. The average molecular weight is 327 g/mol. The molecule has 1 saturated heterocycles. The predicted molar refractivity (Wildman–Crippen MR) is 79.0 cm³/mol. The summed E-state index contributed by atoms with van der Waals surface area (Å²) in [5.41, 5.74) is 0.803. The summed E-state index contributed by atoms with van der Waals surface area (Å²) in [6.45, 7) is 2.44. The molecule has 1 aliphatic heterocycles. The Labute approximate surface area is 121 Å². The number of hydrogen-bond acceptors (Lipinski definition) is 3. The van der Waals surface area contributed by atoms with E-state index in [0.29, 0.717) is 12.5 Å². The van der Waals surface area contributed by atoms with Crippen LogP contribution in [0.5, 0.6) is 0 Å². The van der Waals surface area contributed by atoms with Crippen LogP contribution in [0.4, 0.5) is 5.69 Å². The van der Waals surface area contributed by atoms with E-state index in [0.717, 1.165) is 36.1 Å². The lowest BCUT2D eigenvalue weighted by Gasteiger charge is -2.30. The second-order valence-electron chi connectivity index (χ2n) is 4.93. The molecule has 19 heavy (non-hydrogen) atoms. The highest BCUT2D eigenvalue weighted by Crippen LogP contribution is 2.21. The van der Waals surface area contributed by atoms with Gasteiger partial charge in [-0.1, -0.05) is 12.1 Å². The van der Waals surface area contributed by atoms with Crippen LogP contribution in [0.15, 0.2) is 28.7 Å². The molecule has 0 unspecified atom stereocenters. The third-order valence-corrected chi connectivity index (χ3v) is 4.17. The molecule has 1 amide bonds. The van der Waals surface area contributed by atoms with Crippen LogP contribution in [0.2, 0.25) is 0 Å². The van der Waals surface area contributed by atoms with E-state index in [2.05, 4.69) is 26.1 Å². The van der Waals surface area contributed by atoms with Crippen molar-refractivity contribution in [2.75, 3.05) is 31.6 Å². The number of nitrogens with zero attached hydrogens (tertiary/aromatic N) is 1. The minimum atomic E-state index is 0.00866. The summed E-state index contributed by atoms with van der Waals surface area (Å²) in [6.07, 6.45) is 1.94. The summed E-state index contributed by atoms with van der Waals surface area (Å²) in [4.78, 5) is 14.1. The van der Waals surface area contributed by atoms with Crippen molar-refractivity contribution in [3.63, 3.8) is 0 Å². The number of aliphatic hydroxyl groups is 1. The quantitative estimate of drug-likeness (QED) is 0.890. The molecule has 4 nitrogen and oxygen atoms in total. The van der Waals surface area contributed by atoms with Crippen LogP contribution in [-0.2, 0) is 4.79 Å². The first-order valence-electron chi connectivity index (χ1n) is 6.56. The number of para-hydroxylation sites is 1. The van der Waals surface area contributed by atoms with E-state index in [1.807, 2.05) is 24.3 Å². The van der Waals surface area contributed by atoms with Gasteiger partial charge >= 0.3 is 0 Å². The topological polar surface area (TPSA) is 52.6 Å². The Morgan fingerprint density at radius 1 is 1.37 bits per heavy atom. The van der Waals surface area contributed by atoms with E-state index in [-0.39, 0.29) is 12.5 Å². The van der Waals surface area contributed by atoms with Crippen molar-refractivity contribution in [3.05, 3.63) is 28.7 Å². The van der Waals surface area contributed by atoms with Crippen LogP contribution >= 0.6 is 15.9 Å². The SMILES string of the molecule is O=C(CN1CCC(CO)CC1)Nc1ccccc1Br. The Balaban J connectivity index is 1.81. The average Bonchev–Trinajstić information content (AvgIpc) is 2.42. The van der Waals surface area contributed by atoms with Gasteiger partial charge in [-0.25, -0.2) is 0 Å². The van der Waals surface area contributed by atoms with Crippen molar-refractivity contribution in [3.8, 4) is 0 Å². The number of carbonyl (C=O) groups excluding carboxylic acids is 1. The van der Waals surface area contributed by atoms with Crippen LogP contribution in [-0.4, -0.2) is 42.2 Å². The number of hydrogen-bond donors (Lipinski definition) is 2. The second-order valence-corrected chi connectivity index (χ2v) is 5.78. The molecule has 2 rings (SSSR count). The highest BCUT2D eigenvalue weighted by atomic mass is 79.9. The fourth-order valence-electron chi connectivity index (χ4n) is 2.28. The summed E-state index contributed by atoms with van der Waals surface area (Å²) in [6, 6.07) is 7.59. The van der Waals surface area contributed by atoms with Crippen molar-refractivity contribution < 1.29 is 9.90 Å². The van der Waals surface area contributed by atoms with Gasteiger partial charge < -0.3 is 10.4 Å². The molecule has 1 aromatic carbocycles. The summed E-state index contributed by atoms with van der Waals surface area (Å²) in [5.74, 6) is 0.414. The lowest BCUT2D eigenvalue weighted by molar-refractivity contribution is -0.117. The lowest BCUT2D eigenvalue weighted by Crippen LogP contribution is -2.39. The van der Waals surface area contributed by atoms with Crippen LogP contribution in [0.1, 0.15) is 12.8 Å². The fraction of sp³-hybridized carbons (Fsp3) is 0.500. The van der Waals surface area contributed by atoms with Gasteiger partial charge in [0.1, 0.15) is 0 Å². The normalized spacial score (nSPS) is 17.4. The maximum absolute atomic E-state index is 12.0. The highest BCUT2D eigenvalue weighted by Gasteiger charge is 2.20. The maximum Gasteiger partial charge on any atom is 0.238 e. The van der Waals surface area contributed by atoms with Crippen molar-refractivity contribution in [2.45, 2.75) is 12.8 Å². The molecular weight excluding hydrogens is 308 g/mol. The Kier molecular flexibility index (Phi) is 5.36. The maximum atomic E-state index is 12.0. The van der Waals surface area contributed by atoms with E-state index < -0.39 is 0 Å². The van der Waals surface area contributed by atoms with Gasteiger partial charge in [0.05, 0.1) is 12.2 Å². The minimum absolute atomic E-state index is 0.00866. The zero-order chi connectivity index (χ0) is 13.7. The third kappa shape index (κ3) is 4.30. The molecule has 1 aliphatic rings. The Hall–Kier alpha value is -0.910. The number of carbonyl (C=O) groups is 1. The molecule has 0 radical (unpaired) electrons. The number of aliphatic hydroxyl groups excluding tert-OH is 1. The van der Waals surface area contributed by atoms with Crippen LogP contribution in [0.3, 0.4) is 0 Å². The van der Waals surface area contributed by atoms with Crippen LogP contribution in [0, 0.1) is 5.92 Å². The largest absolute Gasteiger partial charge is 0.396 e. The molecule has 0 atom stereocenters. The summed E-state index contributed by atoms with van der Waals surface area (Å²) in [7, 11) is 0. The molecular formula is C14H19BrN2O2. The number of amides is 1. The number of rotatable bonds is 4. The molecule has 0 spiro atoms. The summed E-state index contributed by atoms with van der Waals surface area (Å²) in [5, 5.41) is 12.0. The minimum Gasteiger partial charge on any atom is -0.396 e. The molecule has 2 N–H and O–H groups in total. The van der Waals surface area contributed by atoms with Gasteiger partial charge in [-0.3, -0.25) is 9.69 Å². The standard InChI is InChI=1S/C14H19BrN2O2/c15-12-3-1-2-4-13(12)16-14(19)9-17-7-5-11(10-18)6-8-17/h1-4,11,18H,5-10H2,(H,16,19). The summed E-state index contributed by atoms with van der Waals surface area (Å²) >= 11 is 3.41. The van der Waals surface area contributed by atoms with E-state index in [1.165, 1.54) is 0 Å². The number of likely N-dealkylation sites (tertiary alicyclic amines) is 1. The third-order valence-electron chi connectivity index (χ3n) is 3.48. The number of halogens is 1. The number of nitrogens with one attached hydrogen (secondary N) is 1. The summed E-state index contributed by atoms with van der Waals surface area (Å²) < 4.78 is 0.891. The monoisotopic (exact) mass is 326 g/mol. The molecule has 5 heteroatoms. The van der Waals surface area contributed by atoms with E-state index in [1.54, 1.807) is 0 Å². The van der Waals surface area contributed by atoms with Gasteiger partial charge in [0.2, 0.25) is 5.91 Å². The highest BCUT2D eigenvalue weighted by molar-refractivity contribution is 9.10. The zero-order valence-electron chi connectivity index (χ0n) is 10.8. The Morgan fingerprint density at radius 2 is 2.05 bits per heavy atom. The van der Waals surface area contributed by atoms with E-state index in [9.17, 15) is 4.79 Å². The van der Waals surface area contributed by atoms with E-state index in [4.69, 9.17) is 5.11 Å². The smallest absolute Gasteiger partial charge is 0.238 e. The van der Waals surface area contributed by atoms with Gasteiger partial charge in [0.15, 0.2) is 0 Å². The zero-order valence-corrected chi connectivity index (χ0v) is 12.4. The number of piperidine rings is 1. The number of benzene rings is 1. The molecule has 1 heterocycles. The molecule has 0 aliphatic carbocycles. The van der Waals surface area contributed by atoms with Crippen LogP contribution < -0.4 is 5.32 Å². The predicted octanol–water partition coefficient (Wildman–Crippen LogP) is 2.09. The molecule has 0 saturated carbocycles. The number of anilines is 1. The lowest BCUT2D eigenvalue weighted by atomic mass is 9.98. The van der Waals surface area contributed by atoms with Gasteiger partial charge in [-0.05, 0) is 59.9 Å². The molecule has 104 valence electrons. The van der Waals surface area contributed by atoms with E-state index >= 15 is 0 Å². The molecule has 1 fully saturated rings. The Morgan fingerprint density at radius 3 is 2.68 bits per heavy atom. The molecule has 0 bridgehead atoms. The Bertz CT molecular complexity index is 431. The first-order valence-corrected chi connectivity index (χ1v) is 7.36. The van der Waals surface area contributed by atoms with Gasteiger partial charge in [0, 0.05) is 11.1 Å². The van der Waals surface area contributed by atoms with Gasteiger partial charge in [0.25, 0.3) is 0 Å². The van der Waals surface area contributed by atoms with Crippen molar-refractivity contribution in [2.24, 2.45) is 5.92 Å². The first kappa shape index (κ1) is 14.5. The first-order chi connectivity index (χ1) is 9.19. The van der Waals surface area contributed by atoms with Crippen LogP contribution in [0.25, 0.3) is 0 Å². The van der Waals surface area contributed by atoms with Crippen molar-refractivity contribution in [1.29, 1.82) is 0 Å². The van der Waals surface area contributed by atoms with Crippen molar-refractivity contribution in [1.82, 2.24) is 4.90 Å². The molecule has 1 aromatic rings. The fourth-order valence-corrected chi connectivity index (χ4v) is 2.67. The van der Waals surface area contributed by atoms with Gasteiger partial charge in [-0.2, -0.15) is 0 Å². The molecule has 0 aromatic heterocycles. The van der Waals surface area contributed by atoms with Crippen molar-refractivity contribution >= 4 is 27.5 Å².